The van der Waals surface area contributed by atoms with Gasteiger partial charge in [0.2, 0.25) is 5.91 Å². The average molecular weight is 473 g/mol. The van der Waals surface area contributed by atoms with Crippen molar-refractivity contribution in [2.24, 2.45) is 17.8 Å². The van der Waals surface area contributed by atoms with Crippen molar-refractivity contribution in [3.8, 4) is 0 Å². The number of ether oxygens (including phenoxy) is 1. The Hall–Kier alpha value is -2.12. The predicted octanol–water partition coefficient (Wildman–Crippen LogP) is 4.84. The van der Waals surface area contributed by atoms with Crippen LogP contribution in [0.2, 0.25) is 0 Å². The van der Waals surface area contributed by atoms with E-state index in [2.05, 4.69) is 24.5 Å². The lowest BCUT2D eigenvalue weighted by atomic mass is 9.79. The molecule has 2 aliphatic rings. The molecule has 189 valence electrons. The summed E-state index contributed by atoms with van der Waals surface area (Å²) in [5.74, 6) is 1.02. The summed E-state index contributed by atoms with van der Waals surface area (Å²) in [6.07, 6.45) is 3.12. The molecule has 7 nitrogen and oxygen atoms in total. The molecule has 0 bridgehead atoms. The van der Waals surface area contributed by atoms with Crippen molar-refractivity contribution in [3.05, 3.63) is 35.9 Å². The molecule has 2 fully saturated rings. The molecule has 2 N–H and O–H groups in total. The van der Waals surface area contributed by atoms with Crippen molar-refractivity contribution in [1.82, 2.24) is 15.7 Å². The van der Waals surface area contributed by atoms with Crippen molar-refractivity contribution >= 4 is 12.0 Å². The smallest absolute Gasteiger partial charge is 0.407 e. The van der Waals surface area contributed by atoms with Gasteiger partial charge in [0.15, 0.2) is 0 Å². The molecule has 7 heteroatoms. The first-order valence-corrected chi connectivity index (χ1v) is 12.6. The molecular formula is C27H42N3O4. The maximum atomic E-state index is 12.8. The number of carbonyl (C=O) groups is 2. The SMILES string of the molecule is CC(C)CC(NC(=O)OCc1ccccc1)C1CC1CC(=O)NC1CC(C)(C)N([O])C(C)(C)C1. The summed E-state index contributed by atoms with van der Waals surface area (Å²) in [6.45, 7) is 12.3. The van der Waals surface area contributed by atoms with Crippen LogP contribution >= 0.6 is 0 Å². The van der Waals surface area contributed by atoms with E-state index in [1.54, 1.807) is 0 Å². The van der Waals surface area contributed by atoms with E-state index in [9.17, 15) is 14.8 Å². The van der Waals surface area contributed by atoms with Gasteiger partial charge in [-0.15, -0.1) is 10.3 Å². The highest BCUT2D eigenvalue weighted by atomic mass is 16.5. The quantitative estimate of drug-likeness (QED) is 0.538. The summed E-state index contributed by atoms with van der Waals surface area (Å²) in [6, 6.07) is 9.63. The summed E-state index contributed by atoms with van der Waals surface area (Å²) in [5.41, 5.74) is -0.0595. The Balaban J connectivity index is 1.48. The van der Waals surface area contributed by atoms with Crippen LogP contribution in [0.1, 0.15) is 79.2 Å². The Kier molecular flexibility index (Phi) is 8.30. The number of alkyl carbamates (subject to hydrolysis) is 1. The van der Waals surface area contributed by atoms with Gasteiger partial charge in [-0.2, -0.15) is 0 Å². The monoisotopic (exact) mass is 472 g/mol. The lowest BCUT2D eigenvalue weighted by Gasteiger charge is -2.50. The number of carbonyl (C=O) groups excluding carboxylic acids is 2. The van der Waals surface area contributed by atoms with Crippen molar-refractivity contribution in [3.63, 3.8) is 0 Å². The molecule has 1 saturated carbocycles. The van der Waals surface area contributed by atoms with E-state index in [-0.39, 0.29) is 36.4 Å². The van der Waals surface area contributed by atoms with Gasteiger partial charge in [-0.05, 0) is 76.7 Å². The van der Waals surface area contributed by atoms with Crippen molar-refractivity contribution in [1.29, 1.82) is 0 Å². The van der Waals surface area contributed by atoms with E-state index in [1.807, 2.05) is 58.0 Å². The highest BCUT2D eigenvalue weighted by Crippen LogP contribution is 2.45. The summed E-state index contributed by atoms with van der Waals surface area (Å²) < 4.78 is 5.42. The zero-order valence-corrected chi connectivity index (χ0v) is 21.6. The molecule has 0 spiro atoms. The molecular weight excluding hydrogens is 430 g/mol. The van der Waals surface area contributed by atoms with Gasteiger partial charge in [0.1, 0.15) is 6.61 Å². The molecule has 34 heavy (non-hydrogen) atoms. The molecule has 1 heterocycles. The minimum atomic E-state index is -0.506. The molecule has 1 aliphatic heterocycles. The van der Waals surface area contributed by atoms with E-state index in [0.717, 1.165) is 18.4 Å². The molecule has 3 unspecified atom stereocenters. The maximum Gasteiger partial charge on any atom is 0.407 e. The molecule has 1 radical (unpaired) electrons. The number of nitrogens with one attached hydrogen (secondary N) is 2. The fourth-order valence-electron chi connectivity index (χ4n) is 5.65. The topological polar surface area (TPSA) is 90.6 Å². The Morgan fingerprint density at radius 2 is 1.71 bits per heavy atom. The number of hydrogen-bond acceptors (Lipinski definition) is 4. The van der Waals surface area contributed by atoms with Crippen LogP contribution < -0.4 is 10.6 Å². The number of hydrogen-bond donors (Lipinski definition) is 2. The standard InChI is InChI=1S/C27H42N3O4/c1-18(2)12-23(29-25(32)34-17-19-10-8-7-9-11-19)22-13-20(22)14-24(31)28-21-15-26(3,4)30(33)27(5,6)16-21/h7-11,18,20-23H,12-17H2,1-6H3,(H,28,31)(H,29,32). The molecule has 2 amide bonds. The van der Waals surface area contributed by atoms with Gasteiger partial charge < -0.3 is 15.4 Å². The molecule has 1 aliphatic carbocycles. The first-order valence-electron chi connectivity index (χ1n) is 12.6. The Morgan fingerprint density at radius 1 is 1.09 bits per heavy atom. The van der Waals surface area contributed by atoms with Gasteiger partial charge in [-0.3, -0.25) is 4.79 Å². The maximum absolute atomic E-state index is 12.8. The Morgan fingerprint density at radius 3 is 2.29 bits per heavy atom. The minimum Gasteiger partial charge on any atom is -0.445 e. The van der Waals surface area contributed by atoms with Gasteiger partial charge >= 0.3 is 6.09 Å². The fourth-order valence-corrected chi connectivity index (χ4v) is 5.65. The first kappa shape index (κ1) is 26.5. The van der Waals surface area contributed by atoms with Crippen LogP contribution in [0.4, 0.5) is 4.79 Å². The van der Waals surface area contributed by atoms with Gasteiger partial charge in [0.05, 0.1) is 0 Å². The van der Waals surface area contributed by atoms with Crippen LogP contribution in [0, 0.1) is 17.8 Å². The summed E-state index contributed by atoms with van der Waals surface area (Å²) in [7, 11) is 0. The van der Waals surface area contributed by atoms with Gasteiger partial charge in [-0.25, -0.2) is 4.79 Å². The Bertz CT molecular complexity index is 822. The van der Waals surface area contributed by atoms with Crippen LogP contribution in [-0.2, 0) is 21.3 Å². The predicted molar refractivity (Wildman–Crippen MR) is 131 cm³/mol. The van der Waals surface area contributed by atoms with E-state index in [1.165, 1.54) is 5.06 Å². The van der Waals surface area contributed by atoms with E-state index >= 15 is 0 Å². The van der Waals surface area contributed by atoms with Gasteiger partial charge in [0, 0.05) is 29.6 Å². The third-order valence-corrected chi connectivity index (χ3v) is 7.14. The molecule has 1 aromatic rings. The number of rotatable bonds is 9. The van der Waals surface area contributed by atoms with Crippen LogP contribution in [0.5, 0.6) is 0 Å². The summed E-state index contributed by atoms with van der Waals surface area (Å²) in [5, 5.41) is 20.0. The summed E-state index contributed by atoms with van der Waals surface area (Å²) >= 11 is 0. The summed E-state index contributed by atoms with van der Waals surface area (Å²) in [4.78, 5) is 25.3. The molecule has 0 aromatic heterocycles. The second-order valence-electron chi connectivity index (χ2n) is 11.9. The second kappa shape index (κ2) is 10.6. The van der Waals surface area contributed by atoms with Crippen LogP contribution in [0.25, 0.3) is 0 Å². The van der Waals surface area contributed by atoms with E-state index in [4.69, 9.17) is 4.74 Å². The Labute approximate surface area is 204 Å². The molecule has 1 aromatic carbocycles. The number of amides is 2. The molecule has 1 saturated heterocycles. The van der Waals surface area contributed by atoms with Crippen LogP contribution in [0.3, 0.4) is 0 Å². The third kappa shape index (κ3) is 7.19. The number of benzene rings is 1. The van der Waals surface area contributed by atoms with Crippen LogP contribution in [0.15, 0.2) is 30.3 Å². The van der Waals surface area contributed by atoms with Crippen LogP contribution in [-0.4, -0.2) is 40.2 Å². The lowest BCUT2D eigenvalue weighted by Crippen LogP contribution is -2.62. The first-order chi connectivity index (χ1) is 15.9. The normalized spacial score (nSPS) is 24.9. The van der Waals surface area contributed by atoms with E-state index < -0.39 is 17.2 Å². The van der Waals surface area contributed by atoms with Crippen molar-refractivity contribution < 1.29 is 19.5 Å². The molecule has 3 rings (SSSR count). The zero-order valence-electron chi connectivity index (χ0n) is 21.6. The minimum absolute atomic E-state index is 0.00236. The average Bonchev–Trinajstić information content (AvgIpc) is 3.49. The molecule has 3 atom stereocenters. The third-order valence-electron chi connectivity index (χ3n) is 7.14. The van der Waals surface area contributed by atoms with E-state index in [0.29, 0.717) is 25.2 Å². The lowest BCUT2D eigenvalue weighted by molar-refractivity contribution is -0.290. The number of hydroxylamine groups is 2. The van der Waals surface area contributed by atoms with Crippen molar-refractivity contribution in [2.75, 3.05) is 0 Å². The number of nitrogens with zero attached hydrogens (tertiary/aromatic N) is 1. The van der Waals surface area contributed by atoms with Gasteiger partial charge in [-0.1, -0.05) is 44.2 Å². The number of piperidine rings is 1. The zero-order chi connectivity index (χ0) is 25.1. The van der Waals surface area contributed by atoms with Crippen molar-refractivity contribution in [2.45, 2.75) is 103 Å². The second-order valence-corrected chi connectivity index (χ2v) is 11.9. The fraction of sp³-hybridized carbons (Fsp3) is 0.704. The largest absolute Gasteiger partial charge is 0.445 e. The highest BCUT2D eigenvalue weighted by molar-refractivity contribution is 5.77. The van der Waals surface area contributed by atoms with Gasteiger partial charge in [0.25, 0.3) is 0 Å². The highest BCUT2D eigenvalue weighted by Gasteiger charge is 2.48.